The number of benzene rings is 2. The van der Waals surface area contributed by atoms with Crippen molar-refractivity contribution in [2.24, 2.45) is 0 Å². The van der Waals surface area contributed by atoms with Crippen molar-refractivity contribution in [3.63, 3.8) is 0 Å². The first-order chi connectivity index (χ1) is 19.0. The van der Waals surface area contributed by atoms with Crippen LogP contribution < -0.4 is 16.3 Å². The number of aromatic nitrogens is 2. The van der Waals surface area contributed by atoms with Crippen LogP contribution in [0.5, 0.6) is 0 Å². The van der Waals surface area contributed by atoms with E-state index in [1.165, 1.54) is 17.0 Å². The number of nitrogens with one attached hydrogen (secondary N) is 3. The Bertz CT molecular complexity index is 1530. The number of halogens is 3. The maximum Gasteiger partial charge on any atom is 0.334 e. The second kappa shape index (κ2) is 11.0. The minimum absolute atomic E-state index is 0.0187. The second-order valence-corrected chi connectivity index (χ2v) is 11.0. The maximum absolute atomic E-state index is 13.7. The monoisotopic (exact) mass is 620 g/mol. The van der Waals surface area contributed by atoms with Crippen LogP contribution in [-0.4, -0.2) is 62.4 Å². The number of nitrogens with zero attached hydrogens (tertiary/aromatic N) is 3. The summed E-state index contributed by atoms with van der Waals surface area (Å²) in [4.78, 5) is 54.5. The summed E-state index contributed by atoms with van der Waals surface area (Å²) in [6.07, 6.45) is 1.65. The number of para-hydroxylation sites is 2. The SMILES string of the molecule is O=C(c1cc(Br)cc([N+](=O)[O-])c1N[C@@H]1CCCC[C@@H]1NC(=O)n1c(=O)[nH]c2ccccc21)N1CCC(F)(F)CC1. The normalized spacial score (nSPS) is 20.7. The number of rotatable bonds is 5. The molecule has 2 fully saturated rings. The molecular weight excluding hydrogens is 594 g/mol. The highest BCUT2D eigenvalue weighted by Gasteiger charge is 2.38. The average molecular weight is 621 g/mol. The van der Waals surface area contributed by atoms with Crippen molar-refractivity contribution in [1.29, 1.82) is 0 Å². The number of nitro groups is 1. The van der Waals surface area contributed by atoms with Crippen LogP contribution in [0.15, 0.2) is 45.7 Å². The van der Waals surface area contributed by atoms with Crippen molar-refractivity contribution < 1.29 is 23.3 Å². The number of carbonyl (C=O) groups is 2. The Morgan fingerprint density at radius 2 is 1.77 bits per heavy atom. The molecule has 0 bridgehead atoms. The van der Waals surface area contributed by atoms with Gasteiger partial charge in [0.2, 0.25) is 0 Å². The lowest BCUT2D eigenvalue weighted by molar-refractivity contribution is -0.384. The Kier molecular flexibility index (Phi) is 7.62. The van der Waals surface area contributed by atoms with Gasteiger partial charge in [0.25, 0.3) is 17.5 Å². The molecule has 40 heavy (non-hydrogen) atoms. The zero-order valence-corrected chi connectivity index (χ0v) is 22.9. The second-order valence-electron chi connectivity index (χ2n) is 10.1. The van der Waals surface area contributed by atoms with Crippen molar-refractivity contribution in [3.8, 4) is 0 Å². The Morgan fingerprint density at radius 3 is 2.48 bits per heavy atom. The number of hydrogen-bond acceptors (Lipinski definition) is 6. The number of carbonyl (C=O) groups excluding carboxylic acids is 2. The summed E-state index contributed by atoms with van der Waals surface area (Å²) >= 11 is 3.23. The number of anilines is 1. The zero-order chi connectivity index (χ0) is 28.6. The molecule has 5 rings (SSSR count). The van der Waals surface area contributed by atoms with E-state index in [0.717, 1.165) is 17.4 Å². The minimum atomic E-state index is -2.86. The van der Waals surface area contributed by atoms with Gasteiger partial charge in [-0.25, -0.2) is 22.9 Å². The molecule has 0 unspecified atom stereocenters. The molecule has 3 N–H and O–H groups in total. The lowest BCUT2D eigenvalue weighted by Gasteiger charge is -2.35. The van der Waals surface area contributed by atoms with Crippen molar-refractivity contribution in [1.82, 2.24) is 19.8 Å². The zero-order valence-electron chi connectivity index (χ0n) is 21.3. The number of imidazole rings is 1. The van der Waals surface area contributed by atoms with Gasteiger partial charge in [0, 0.05) is 42.5 Å². The van der Waals surface area contributed by atoms with Gasteiger partial charge in [-0.1, -0.05) is 40.9 Å². The fraction of sp³-hybridized carbons (Fsp3) is 0.423. The number of amides is 2. The molecule has 1 aliphatic heterocycles. The highest BCUT2D eigenvalue weighted by atomic mass is 79.9. The number of nitro benzene ring substituents is 1. The van der Waals surface area contributed by atoms with Crippen LogP contribution in [0.4, 0.5) is 25.0 Å². The molecule has 2 heterocycles. The third kappa shape index (κ3) is 5.58. The van der Waals surface area contributed by atoms with Gasteiger partial charge in [-0.2, -0.15) is 0 Å². The number of aromatic amines is 1. The summed E-state index contributed by atoms with van der Waals surface area (Å²) in [5.41, 5.74) is -0.0919. The van der Waals surface area contributed by atoms with Gasteiger partial charge in [0.1, 0.15) is 5.69 Å². The highest BCUT2D eigenvalue weighted by Crippen LogP contribution is 2.37. The van der Waals surface area contributed by atoms with Crippen molar-refractivity contribution >= 4 is 50.3 Å². The summed E-state index contributed by atoms with van der Waals surface area (Å²) < 4.78 is 28.7. The van der Waals surface area contributed by atoms with E-state index < -0.39 is 53.4 Å². The summed E-state index contributed by atoms with van der Waals surface area (Å²) in [5.74, 6) is -3.45. The largest absolute Gasteiger partial charge is 0.374 e. The molecule has 2 amide bonds. The van der Waals surface area contributed by atoms with E-state index in [9.17, 15) is 33.3 Å². The van der Waals surface area contributed by atoms with E-state index in [0.29, 0.717) is 28.3 Å². The van der Waals surface area contributed by atoms with Gasteiger partial charge in [-0.3, -0.25) is 14.9 Å². The maximum atomic E-state index is 13.7. The van der Waals surface area contributed by atoms with Crippen LogP contribution in [0, 0.1) is 10.1 Å². The molecular formula is C26H27BrF2N6O5. The van der Waals surface area contributed by atoms with Gasteiger partial charge in [0.15, 0.2) is 0 Å². The Labute approximate surface area is 235 Å². The predicted octanol–water partition coefficient (Wildman–Crippen LogP) is 4.85. The van der Waals surface area contributed by atoms with Crippen LogP contribution >= 0.6 is 15.9 Å². The Hall–Kier alpha value is -3.81. The van der Waals surface area contributed by atoms with E-state index in [2.05, 4.69) is 31.5 Å². The van der Waals surface area contributed by atoms with Crippen LogP contribution in [0.3, 0.4) is 0 Å². The molecule has 1 saturated heterocycles. The first-order valence-electron chi connectivity index (χ1n) is 13.0. The van der Waals surface area contributed by atoms with E-state index in [1.807, 2.05) is 0 Å². The predicted molar refractivity (Wildman–Crippen MR) is 147 cm³/mol. The summed E-state index contributed by atoms with van der Waals surface area (Å²) in [5, 5.41) is 18.1. The van der Waals surface area contributed by atoms with E-state index in [4.69, 9.17) is 0 Å². The first-order valence-corrected chi connectivity index (χ1v) is 13.8. The van der Waals surface area contributed by atoms with Crippen LogP contribution in [0.2, 0.25) is 0 Å². The molecule has 212 valence electrons. The molecule has 0 radical (unpaired) electrons. The molecule has 2 atom stereocenters. The Morgan fingerprint density at radius 1 is 1.10 bits per heavy atom. The van der Waals surface area contributed by atoms with Gasteiger partial charge >= 0.3 is 11.7 Å². The smallest absolute Gasteiger partial charge is 0.334 e. The fourth-order valence-corrected chi connectivity index (χ4v) is 5.85. The van der Waals surface area contributed by atoms with Crippen LogP contribution in [-0.2, 0) is 0 Å². The molecule has 0 spiro atoms. The Balaban J connectivity index is 1.44. The number of piperidine rings is 1. The molecule has 14 heteroatoms. The topological polar surface area (TPSA) is 142 Å². The van der Waals surface area contributed by atoms with E-state index in [1.54, 1.807) is 24.3 Å². The van der Waals surface area contributed by atoms with Gasteiger partial charge in [-0.15, -0.1) is 0 Å². The van der Waals surface area contributed by atoms with Crippen molar-refractivity contribution in [2.75, 3.05) is 18.4 Å². The summed E-state index contributed by atoms with van der Waals surface area (Å²) in [6, 6.07) is 7.82. The third-order valence-electron chi connectivity index (χ3n) is 7.49. The number of hydrogen-bond donors (Lipinski definition) is 3. The summed E-state index contributed by atoms with van der Waals surface area (Å²) in [6.45, 7) is -0.347. The molecule has 3 aromatic rings. The van der Waals surface area contributed by atoms with E-state index >= 15 is 0 Å². The molecule has 1 aromatic heterocycles. The molecule has 11 nitrogen and oxygen atoms in total. The average Bonchev–Trinajstić information content (AvgIpc) is 3.25. The van der Waals surface area contributed by atoms with Gasteiger partial charge < -0.3 is 20.5 Å². The number of likely N-dealkylation sites (tertiary alicyclic amines) is 1. The number of fused-ring (bicyclic) bond motifs is 1. The van der Waals surface area contributed by atoms with Gasteiger partial charge in [-0.05, 0) is 31.0 Å². The number of H-pyrrole nitrogens is 1. The lowest BCUT2D eigenvalue weighted by atomic mass is 9.89. The quantitative estimate of drug-likeness (QED) is 0.275. The number of alkyl halides is 2. The summed E-state index contributed by atoms with van der Waals surface area (Å²) in [7, 11) is 0. The first kappa shape index (κ1) is 27.7. The standard InChI is InChI=1S/C26H27BrF2N6O5/c27-15-13-16(23(36)33-11-9-26(28,29)10-12-33)22(21(14-15)35(39)40)30-17-5-1-2-6-18(17)31-24(37)34-20-8-4-3-7-19(20)32-25(34)38/h3-4,7-8,13-14,17-18,30H,1-2,5-6,9-12H2,(H,31,37)(H,32,38)/t17-,18+/m1/s1. The van der Waals surface area contributed by atoms with Crippen molar-refractivity contribution in [3.05, 3.63) is 67.0 Å². The molecule has 1 saturated carbocycles. The van der Waals surface area contributed by atoms with Crippen LogP contribution in [0.1, 0.15) is 48.9 Å². The van der Waals surface area contributed by atoms with Crippen LogP contribution in [0.25, 0.3) is 11.0 Å². The van der Waals surface area contributed by atoms with Crippen molar-refractivity contribution in [2.45, 2.75) is 56.5 Å². The fourth-order valence-electron chi connectivity index (χ4n) is 5.41. The van der Waals surface area contributed by atoms with Gasteiger partial charge in [0.05, 0.1) is 27.6 Å². The molecule has 1 aliphatic carbocycles. The molecule has 2 aliphatic rings. The third-order valence-corrected chi connectivity index (χ3v) is 7.95. The minimum Gasteiger partial charge on any atom is -0.374 e. The lowest BCUT2D eigenvalue weighted by Crippen LogP contribution is -2.51. The van der Waals surface area contributed by atoms with E-state index in [-0.39, 0.29) is 30.0 Å². The molecule has 2 aromatic carbocycles. The highest BCUT2D eigenvalue weighted by molar-refractivity contribution is 9.10.